The van der Waals surface area contributed by atoms with Crippen LogP contribution in [0.2, 0.25) is 0 Å². The van der Waals surface area contributed by atoms with Crippen LogP contribution >= 0.6 is 0 Å². The van der Waals surface area contributed by atoms with Gasteiger partial charge in [-0.15, -0.1) is 0 Å². The Morgan fingerprint density at radius 2 is 0.773 bits per heavy atom. The van der Waals surface area contributed by atoms with Gasteiger partial charge in [-0.05, 0) is 0 Å². The summed E-state index contributed by atoms with van der Waals surface area (Å²) in [6, 6.07) is 0. The molecule has 2 fully saturated rings. The van der Waals surface area contributed by atoms with Gasteiger partial charge < -0.3 is 89.5 Å². The molecular formula is H24B4N4O13Zn. The van der Waals surface area contributed by atoms with Gasteiger partial charge in [0.05, 0.1) is 0 Å². The van der Waals surface area contributed by atoms with Gasteiger partial charge in [-0.2, -0.15) is 0 Å². The molecule has 0 spiro atoms. The Labute approximate surface area is 138 Å². The average molecular weight is 397 g/mol. The second-order valence-electron chi connectivity index (χ2n) is 2.50. The van der Waals surface area contributed by atoms with E-state index in [4.69, 9.17) is 10.0 Å². The molecule has 22 heteroatoms. The third-order valence-corrected chi connectivity index (χ3v) is 1.50. The fourth-order valence-electron chi connectivity index (χ4n) is 1.06. The molecule has 0 amide bonds. The molecule has 0 aromatic carbocycles. The van der Waals surface area contributed by atoms with E-state index in [-0.39, 0.29) is 66.0 Å². The van der Waals surface area contributed by atoms with Crippen molar-refractivity contribution in [2.24, 2.45) is 0 Å². The Balaban J connectivity index is -0.0000000363. The predicted octanol–water partition coefficient (Wildman–Crippen LogP) is -6.75. The van der Waals surface area contributed by atoms with Crippen LogP contribution in [0.5, 0.6) is 0 Å². The molecule has 2 aliphatic heterocycles. The summed E-state index contributed by atoms with van der Waals surface area (Å²) in [6.07, 6.45) is 0. The first-order valence-corrected chi connectivity index (χ1v) is 3.39. The van der Waals surface area contributed by atoms with Crippen LogP contribution in [0, 0.1) is 0 Å². The van der Waals surface area contributed by atoms with E-state index in [0.717, 1.165) is 0 Å². The van der Waals surface area contributed by atoms with Crippen molar-refractivity contribution in [1.82, 2.24) is 24.6 Å². The normalized spacial score (nSPS) is 26.7. The molecule has 24 N–H and O–H groups in total. The summed E-state index contributed by atoms with van der Waals surface area (Å²) < 4.78 is 21.1. The van der Waals surface area contributed by atoms with Gasteiger partial charge >= 0.3 is 48.0 Å². The van der Waals surface area contributed by atoms with E-state index in [0.29, 0.717) is 0 Å². The molecule has 0 aromatic rings. The molecule has 2 heterocycles. The summed E-state index contributed by atoms with van der Waals surface area (Å²) in [4.78, 5) is 0. The van der Waals surface area contributed by atoms with E-state index in [1.165, 1.54) is 0 Å². The van der Waals surface area contributed by atoms with Gasteiger partial charge in [-0.25, -0.2) is 0 Å². The van der Waals surface area contributed by atoms with Gasteiger partial charge in [-0.3, -0.25) is 0 Å². The minimum atomic E-state index is -3.45. The molecule has 2 rings (SSSR count). The van der Waals surface area contributed by atoms with E-state index in [1.54, 1.807) is 0 Å². The third kappa shape index (κ3) is 10.9. The summed E-state index contributed by atoms with van der Waals surface area (Å²) in [5, 5.41) is 35.9. The molecular weight excluding hydrogens is 373 g/mol. The molecule has 2 saturated heterocycles. The molecule has 17 nitrogen and oxygen atoms in total. The van der Waals surface area contributed by atoms with Crippen LogP contribution in [-0.4, -0.2) is 70.6 Å². The van der Waals surface area contributed by atoms with E-state index in [9.17, 15) is 10.0 Å². The third-order valence-electron chi connectivity index (χ3n) is 1.50. The largest absolute Gasteiger partial charge is 2.00 e. The van der Waals surface area contributed by atoms with E-state index < -0.39 is 28.6 Å². The van der Waals surface area contributed by atoms with Crippen LogP contribution in [0.4, 0.5) is 0 Å². The second-order valence-corrected chi connectivity index (χ2v) is 2.50. The van der Waals surface area contributed by atoms with E-state index in [2.05, 4.69) is 22.9 Å². The maximum Gasteiger partial charge on any atom is 2.00 e. The Morgan fingerprint density at radius 3 is 0.955 bits per heavy atom. The first-order valence-electron chi connectivity index (χ1n) is 3.39. The summed E-state index contributed by atoms with van der Waals surface area (Å²) in [6.45, 7) is -6.90. The molecule has 0 unspecified atom stereocenters. The van der Waals surface area contributed by atoms with Crippen LogP contribution in [0.1, 0.15) is 0 Å². The van der Waals surface area contributed by atoms with Crippen LogP contribution in [0.3, 0.4) is 0 Å². The minimum absolute atomic E-state index is 0. The van der Waals surface area contributed by atoms with Crippen molar-refractivity contribution in [3.8, 4) is 0 Å². The zero-order valence-corrected chi connectivity index (χ0v) is 14.6. The monoisotopic (exact) mass is 396 g/mol. The molecule has 0 radical (unpaired) electrons. The van der Waals surface area contributed by atoms with E-state index >= 15 is 0 Å². The van der Waals surface area contributed by atoms with Gasteiger partial charge in [-0.1, -0.05) is 0 Å². The zero-order chi connectivity index (χ0) is 9.69. The van der Waals surface area contributed by atoms with Gasteiger partial charge in [0, 0.05) is 0 Å². The topological polar surface area (TPSA) is 393 Å². The van der Waals surface area contributed by atoms with Crippen LogP contribution in [0.15, 0.2) is 0 Å². The first-order chi connectivity index (χ1) is 5.91. The summed E-state index contributed by atoms with van der Waals surface area (Å²) >= 11 is 0. The molecule has 0 aliphatic carbocycles. The van der Waals surface area contributed by atoms with Gasteiger partial charge in [0.25, 0.3) is 0 Å². The smallest absolute Gasteiger partial charge is 0.679 e. The zero-order valence-electron chi connectivity index (χ0n) is 11.7. The molecule has 0 atom stereocenters. The maximum absolute atomic E-state index is 9.18. The Bertz CT molecular complexity index is 204. The Kier molecular flexibility index (Phi) is 36.2. The number of fused-ring (bicyclic) bond motifs is 2. The molecule has 22 heavy (non-hydrogen) atoms. The maximum atomic E-state index is 9.18. The SMILES string of the molecule is N.N.N.N.O.O.O.O.OB1O[B-]2(O)OB(O)O[B-](O)(O1)O2.[Zn+2]. The summed E-state index contributed by atoms with van der Waals surface area (Å²) in [7, 11) is -3.92. The summed E-state index contributed by atoms with van der Waals surface area (Å²) in [5.74, 6) is 0. The summed E-state index contributed by atoms with van der Waals surface area (Å²) in [5.41, 5.74) is 0. The number of rotatable bonds is 0. The number of hydrogen-bond donors (Lipinski definition) is 8. The van der Waals surface area contributed by atoms with Crippen molar-refractivity contribution in [3.05, 3.63) is 0 Å². The van der Waals surface area contributed by atoms with Gasteiger partial charge in [0.15, 0.2) is 0 Å². The molecule has 2 aliphatic rings. The van der Waals surface area contributed by atoms with Crippen molar-refractivity contribution >= 4 is 28.6 Å². The van der Waals surface area contributed by atoms with Crippen molar-refractivity contribution in [2.75, 3.05) is 0 Å². The van der Waals surface area contributed by atoms with Gasteiger partial charge in [0.2, 0.25) is 0 Å². The van der Waals surface area contributed by atoms with Crippen LogP contribution < -0.4 is 24.6 Å². The fourth-order valence-corrected chi connectivity index (χ4v) is 1.06. The van der Waals surface area contributed by atoms with Crippen molar-refractivity contribution in [2.45, 2.75) is 0 Å². The van der Waals surface area contributed by atoms with Crippen LogP contribution in [-0.2, 0) is 42.3 Å². The van der Waals surface area contributed by atoms with Crippen LogP contribution in [0.25, 0.3) is 0 Å². The molecule has 0 aromatic heterocycles. The standard InChI is InChI=1S/B4H4O9.4H3N.4H2O.Zn/c5-1-9-3(7)11-2(6)12-4(8,10-1)13-3;;;;;;;;;/h5-8H;4*1H3;4*1H2;/q-2;;;;;;;;;+2. The molecule has 2 bridgehead atoms. The average Bonchev–Trinajstić information content (AvgIpc) is 1.75. The quantitative estimate of drug-likeness (QED) is 0.176. The molecule has 0 saturated carbocycles. The number of hydrogen-bond acceptors (Lipinski definition) is 13. The van der Waals surface area contributed by atoms with Gasteiger partial charge in [0.1, 0.15) is 0 Å². The Hall–Kier alpha value is 0.203. The molecule has 136 valence electrons. The minimum Gasteiger partial charge on any atom is -0.679 e. The second kappa shape index (κ2) is 16.1. The predicted molar refractivity (Wildman–Crippen MR) is 71.9 cm³/mol. The Morgan fingerprint density at radius 1 is 0.591 bits per heavy atom. The van der Waals surface area contributed by atoms with Crippen molar-refractivity contribution in [1.29, 1.82) is 0 Å². The fraction of sp³-hybridized carbons (Fsp3) is 0. The van der Waals surface area contributed by atoms with Crippen molar-refractivity contribution < 1.29 is 84.3 Å². The van der Waals surface area contributed by atoms with Crippen molar-refractivity contribution in [3.63, 3.8) is 0 Å². The van der Waals surface area contributed by atoms with E-state index in [1.807, 2.05) is 0 Å². The first kappa shape index (κ1) is 49.5.